The molecule has 0 atom stereocenters. The highest BCUT2D eigenvalue weighted by Gasteiger charge is 2.17. The molecule has 10 nitrogen and oxygen atoms in total. The summed E-state index contributed by atoms with van der Waals surface area (Å²) in [5, 5.41) is 12.2. The zero-order valence-corrected chi connectivity index (χ0v) is 17.1. The van der Waals surface area contributed by atoms with Gasteiger partial charge in [-0.1, -0.05) is 0 Å². The summed E-state index contributed by atoms with van der Waals surface area (Å²) in [6, 6.07) is 0. The van der Waals surface area contributed by atoms with Crippen molar-refractivity contribution in [1.82, 2.24) is 25.3 Å². The average molecular weight is 433 g/mol. The fourth-order valence-electron chi connectivity index (χ4n) is 2.69. The second-order valence-corrected chi connectivity index (χ2v) is 7.82. The molecule has 0 aliphatic carbocycles. The molecular formula is C17H15N5O5S2. The standard InChI is InChI=1S/C9H9N3O2S.C8H6N2O3S/c1-4-5-7(13)11-3-12-9(5)15-6(4)8(14)10-2;1-3-4-6(11)9-2-10-7(4)14-5(3)8(12)13/h3H,1-2H3,(H,10,14)(H,11,12,13);2H,1H3,(H,12,13)(H,9,10,11). The number of H-pyrrole nitrogens is 2. The van der Waals surface area contributed by atoms with Gasteiger partial charge in [0.2, 0.25) is 0 Å². The number of carbonyl (C=O) groups excluding carboxylic acids is 1. The number of fused-ring (bicyclic) bond motifs is 2. The molecule has 0 aliphatic rings. The summed E-state index contributed by atoms with van der Waals surface area (Å²) in [5.74, 6) is -1.21. The van der Waals surface area contributed by atoms with Gasteiger partial charge in [-0.3, -0.25) is 14.4 Å². The third-order valence-electron chi connectivity index (χ3n) is 4.09. The molecule has 0 spiro atoms. The predicted octanol–water partition coefficient (Wildman–Crippen LogP) is 1.64. The molecule has 4 rings (SSSR count). The van der Waals surface area contributed by atoms with Crippen LogP contribution in [0.1, 0.15) is 30.5 Å². The van der Waals surface area contributed by atoms with Crippen LogP contribution in [0, 0.1) is 13.8 Å². The second kappa shape index (κ2) is 7.93. The van der Waals surface area contributed by atoms with Gasteiger partial charge in [0.05, 0.1) is 28.3 Å². The highest BCUT2D eigenvalue weighted by molar-refractivity contribution is 7.21. The number of carbonyl (C=O) groups is 2. The zero-order valence-electron chi connectivity index (χ0n) is 15.4. The number of hydrogen-bond acceptors (Lipinski definition) is 8. The number of nitrogens with zero attached hydrogens (tertiary/aromatic N) is 2. The first-order valence-electron chi connectivity index (χ1n) is 8.15. The SMILES string of the molecule is CNC(=O)c1sc2nc[nH]c(=O)c2c1C.Cc1c(C(=O)O)sc2nc[nH]c(=O)c12. The van der Waals surface area contributed by atoms with E-state index in [2.05, 4.69) is 25.3 Å². The number of carboxylic acid groups (broad SMARTS) is 1. The number of aromatic nitrogens is 4. The van der Waals surface area contributed by atoms with Crippen LogP contribution in [-0.2, 0) is 0 Å². The summed E-state index contributed by atoms with van der Waals surface area (Å²) in [5.41, 5.74) is 0.663. The van der Waals surface area contributed by atoms with E-state index in [1.165, 1.54) is 24.0 Å². The molecule has 4 aromatic rings. The van der Waals surface area contributed by atoms with Gasteiger partial charge in [0, 0.05) is 7.05 Å². The molecule has 150 valence electrons. The Hall–Kier alpha value is -3.38. The molecule has 0 saturated carbocycles. The number of rotatable bonds is 2. The molecule has 0 fully saturated rings. The van der Waals surface area contributed by atoms with Gasteiger partial charge in [-0.2, -0.15) is 0 Å². The molecule has 4 aromatic heterocycles. The number of nitrogens with one attached hydrogen (secondary N) is 3. The van der Waals surface area contributed by atoms with Crippen molar-refractivity contribution < 1.29 is 14.7 Å². The minimum Gasteiger partial charge on any atom is -0.477 e. The molecule has 0 saturated heterocycles. The monoisotopic (exact) mass is 433 g/mol. The van der Waals surface area contributed by atoms with Crippen molar-refractivity contribution in [2.24, 2.45) is 0 Å². The van der Waals surface area contributed by atoms with E-state index in [-0.39, 0.29) is 21.9 Å². The van der Waals surface area contributed by atoms with Crippen LogP contribution in [0.3, 0.4) is 0 Å². The number of aromatic carboxylic acids is 1. The van der Waals surface area contributed by atoms with Crippen molar-refractivity contribution in [1.29, 1.82) is 0 Å². The van der Waals surface area contributed by atoms with Crippen LogP contribution in [0.5, 0.6) is 0 Å². The van der Waals surface area contributed by atoms with E-state index < -0.39 is 5.97 Å². The van der Waals surface area contributed by atoms with Gasteiger partial charge < -0.3 is 20.4 Å². The lowest BCUT2D eigenvalue weighted by Crippen LogP contribution is -2.17. The summed E-state index contributed by atoms with van der Waals surface area (Å²) in [6.45, 7) is 3.36. The van der Waals surface area contributed by atoms with Crippen molar-refractivity contribution in [2.45, 2.75) is 13.8 Å². The molecule has 0 radical (unpaired) electrons. The molecule has 0 aliphatic heterocycles. The molecule has 12 heteroatoms. The van der Waals surface area contributed by atoms with Gasteiger partial charge in [0.1, 0.15) is 14.5 Å². The Morgan fingerprint density at radius 3 is 1.79 bits per heavy atom. The van der Waals surface area contributed by atoms with Crippen LogP contribution >= 0.6 is 22.7 Å². The normalized spacial score (nSPS) is 10.6. The Kier molecular flexibility index (Phi) is 5.57. The van der Waals surface area contributed by atoms with Crippen molar-refractivity contribution in [3.8, 4) is 0 Å². The predicted molar refractivity (Wildman–Crippen MR) is 110 cm³/mol. The van der Waals surface area contributed by atoms with Gasteiger partial charge in [0.25, 0.3) is 17.0 Å². The number of amides is 1. The van der Waals surface area contributed by atoms with Crippen LogP contribution in [-0.4, -0.2) is 44.0 Å². The lowest BCUT2D eigenvalue weighted by atomic mass is 10.2. The third-order valence-corrected chi connectivity index (χ3v) is 6.48. The van der Waals surface area contributed by atoms with Crippen molar-refractivity contribution in [3.05, 3.63) is 54.2 Å². The lowest BCUT2D eigenvalue weighted by molar-refractivity contribution is 0.0701. The number of aromatic amines is 2. The van der Waals surface area contributed by atoms with E-state index in [1.54, 1.807) is 20.9 Å². The van der Waals surface area contributed by atoms with Gasteiger partial charge in [-0.05, 0) is 25.0 Å². The Bertz CT molecular complexity index is 1360. The van der Waals surface area contributed by atoms with E-state index in [0.717, 1.165) is 11.3 Å². The van der Waals surface area contributed by atoms with Crippen molar-refractivity contribution >= 4 is 55.0 Å². The van der Waals surface area contributed by atoms with Gasteiger partial charge in [0.15, 0.2) is 0 Å². The van der Waals surface area contributed by atoms with E-state index in [0.29, 0.717) is 36.4 Å². The Balaban J connectivity index is 0.000000166. The molecular weight excluding hydrogens is 418 g/mol. The number of hydrogen-bond donors (Lipinski definition) is 4. The topological polar surface area (TPSA) is 158 Å². The highest BCUT2D eigenvalue weighted by Crippen LogP contribution is 2.26. The fourth-order valence-corrected chi connectivity index (χ4v) is 4.78. The molecule has 29 heavy (non-hydrogen) atoms. The summed E-state index contributed by atoms with van der Waals surface area (Å²) in [4.78, 5) is 59.7. The summed E-state index contributed by atoms with van der Waals surface area (Å²) < 4.78 is 0. The molecule has 0 bridgehead atoms. The minimum atomic E-state index is -1.02. The van der Waals surface area contributed by atoms with Gasteiger partial charge in [-0.25, -0.2) is 14.8 Å². The van der Waals surface area contributed by atoms with Crippen LogP contribution < -0.4 is 16.4 Å². The van der Waals surface area contributed by atoms with Crippen molar-refractivity contribution in [3.63, 3.8) is 0 Å². The van der Waals surface area contributed by atoms with Crippen LogP contribution in [0.4, 0.5) is 0 Å². The molecule has 1 amide bonds. The maximum atomic E-state index is 11.5. The first-order chi connectivity index (χ1) is 13.8. The fraction of sp³-hybridized carbons (Fsp3) is 0.176. The van der Waals surface area contributed by atoms with E-state index in [4.69, 9.17) is 5.11 Å². The van der Waals surface area contributed by atoms with E-state index >= 15 is 0 Å². The largest absolute Gasteiger partial charge is 0.477 e. The van der Waals surface area contributed by atoms with Crippen molar-refractivity contribution in [2.75, 3.05) is 7.05 Å². The second-order valence-electron chi connectivity index (χ2n) is 5.82. The van der Waals surface area contributed by atoms with E-state index in [9.17, 15) is 19.2 Å². The quantitative estimate of drug-likeness (QED) is 0.374. The molecule has 0 aromatic carbocycles. The van der Waals surface area contributed by atoms with Gasteiger partial charge >= 0.3 is 5.97 Å². The first-order valence-corrected chi connectivity index (χ1v) is 9.78. The van der Waals surface area contributed by atoms with Crippen LogP contribution in [0.25, 0.3) is 20.4 Å². The maximum Gasteiger partial charge on any atom is 0.346 e. The summed E-state index contributed by atoms with van der Waals surface area (Å²) in [6.07, 6.45) is 2.61. The number of carboxylic acids is 1. The Morgan fingerprint density at radius 2 is 1.38 bits per heavy atom. The lowest BCUT2D eigenvalue weighted by Gasteiger charge is -1.95. The molecule has 4 heterocycles. The van der Waals surface area contributed by atoms with Gasteiger partial charge in [-0.15, -0.1) is 22.7 Å². The molecule has 0 unspecified atom stereocenters. The smallest absolute Gasteiger partial charge is 0.346 e. The summed E-state index contributed by atoms with van der Waals surface area (Å²) in [7, 11) is 1.56. The minimum absolute atomic E-state index is 0.171. The molecule has 4 N–H and O–H groups in total. The van der Waals surface area contributed by atoms with Crippen LogP contribution in [0.2, 0.25) is 0 Å². The zero-order chi connectivity index (χ0) is 21.3. The number of aryl methyl sites for hydroxylation is 2. The Labute approximate surface area is 170 Å². The first kappa shape index (κ1) is 20.4. The third kappa shape index (κ3) is 3.67. The highest BCUT2D eigenvalue weighted by atomic mass is 32.1. The Morgan fingerprint density at radius 1 is 0.931 bits per heavy atom. The average Bonchev–Trinajstić information content (AvgIpc) is 3.21. The number of thiophene rings is 2. The summed E-state index contributed by atoms with van der Waals surface area (Å²) >= 11 is 2.24. The maximum absolute atomic E-state index is 11.5. The van der Waals surface area contributed by atoms with Crippen LogP contribution in [0.15, 0.2) is 22.2 Å². The van der Waals surface area contributed by atoms with E-state index in [1.807, 2.05) is 0 Å².